The molecule has 0 amide bonds. The average Bonchev–Trinajstić information content (AvgIpc) is 2.52. The molecule has 22 heavy (non-hydrogen) atoms. The number of aromatic hydroxyl groups is 1. The third-order valence-corrected chi connectivity index (χ3v) is 5.35. The van der Waals surface area contributed by atoms with Gasteiger partial charge in [0.05, 0.1) is 0 Å². The summed E-state index contributed by atoms with van der Waals surface area (Å²) in [7, 11) is 0. The summed E-state index contributed by atoms with van der Waals surface area (Å²) in [6.45, 7) is 8.80. The van der Waals surface area contributed by atoms with Crippen molar-refractivity contribution in [2.45, 2.75) is 65.4 Å². The van der Waals surface area contributed by atoms with Crippen molar-refractivity contribution >= 4 is 0 Å². The van der Waals surface area contributed by atoms with Gasteiger partial charge in [0.25, 0.3) is 0 Å². The lowest BCUT2D eigenvalue weighted by atomic mass is 9.71. The number of fused-ring (bicyclic) bond motifs is 2. The molecule has 2 heteroatoms. The van der Waals surface area contributed by atoms with E-state index in [-0.39, 0.29) is 5.60 Å². The van der Waals surface area contributed by atoms with Crippen molar-refractivity contribution in [3.8, 4) is 11.5 Å². The summed E-state index contributed by atoms with van der Waals surface area (Å²) in [6.07, 6.45) is 7.70. The summed E-state index contributed by atoms with van der Waals surface area (Å²) in [5.74, 6) is 2.29. The lowest BCUT2D eigenvalue weighted by molar-refractivity contribution is 0.0246. The standard InChI is InChI=1S/C20H28O2/c1-5-6-14-10-18(21)16-12-15-9-13(2)7-8-17(15)20(3,4)22-19(16)11-14/h9-11,15,17,21H,5-8,12H2,1-4H3. The van der Waals surface area contributed by atoms with Crippen LogP contribution in [0.2, 0.25) is 0 Å². The van der Waals surface area contributed by atoms with Crippen LogP contribution in [-0.4, -0.2) is 10.7 Å². The Hall–Kier alpha value is -1.44. The minimum Gasteiger partial charge on any atom is -0.508 e. The van der Waals surface area contributed by atoms with Gasteiger partial charge in [-0.3, -0.25) is 0 Å². The zero-order valence-electron chi connectivity index (χ0n) is 14.3. The number of hydrogen-bond donors (Lipinski definition) is 1. The van der Waals surface area contributed by atoms with Gasteiger partial charge in [0.2, 0.25) is 0 Å². The number of rotatable bonds is 2. The molecule has 1 heterocycles. The maximum Gasteiger partial charge on any atom is 0.127 e. The van der Waals surface area contributed by atoms with Gasteiger partial charge in [0.1, 0.15) is 17.1 Å². The van der Waals surface area contributed by atoms with Crippen LogP contribution in [0.25, 0.3) is 0 Å². The van der Waals surface area contributed by atoms with Gasteiger partial charge in [0, 0.05) is 11.5 Å². The fourth-order valence-electron chi connectivity index (χ4n) is 4.24. The van der Waals surface area contributed by atoms with Crippen LogP contribution in [0, 0.1) is 11.8 Å². The number of ether oxygens (including phenoxy) is 1. The predicted octanol–water partition coefficient (Wildman–Crippen LogP) is 5.03. The molecule has 1 N–H and O–H groups in total. The second kappa shape index (κ2) is 5.64. The number of allylic oxidation sites excluding steroid dienone is 2. The molecule has 3 rings (SSSR count). The summed E-state index contributed by atoms with van der Waals surface area (Å²) < 4.78 is 6.43. The van der Waals surface area contributed by atoms with E-state index >= 15 is 0 Å². The first-order valence-corrected chi connectivity index (χ1v) is 8.61. The quantitative estimate of drug-likeness (QED) is 0.776. The van der Waals surface area contributed by atoms with E-state index in [0.29, 0.717) is 17.6 Å². The van der Waals surface area contributed by atoms with E-state index < -0.39 is 0 Å². The maximum absolute atomic E-state index is 10.5. The molecule has 1 aromatic carbocycles. The topological polar surface area (TPSA) is 29.5 Å². The maximum atomic E-state index is 10.5. The lowest BCUT2D eigenvalue weighted by Gasteiger charge is -2.39. The number of aryl methyl sites for hydroxylation is 1. The van der Waals surface area contributed by atoms with Gasteiger partial charge in [-0.1, -0.05) is 25.0 Å². The Morgan fingerprint density at radius 2 is 2.09 bits per heavy atom. The molecule has 0 radical (unpaired) electrons. The molecule has 2 nitrogen and oxygen atoms in total. The number of phenolic OH excluding ortho intramolecular Hbond substituents is 1. The monoisotopic (exact) mass is 300 g/mol. The first-order chi connectivity index (χ1) is 10.4. The van der Waals surface area contributed by atoms with Gasteiger partial charge >= 0.3 is 0 Å². The molecule has 2 aliphatic rings. The smallest absolute Gasteiger partial charge is 0.127 e. The molecule has 0 saturated heterocycles. The molecule has 0 saturated carbocycles. The number of hydrogen-bond acceptors (Lipinski definition) is 2. The third kappa shape index (κ3) is 2.76. The van der Waals surface area contributed by atoms with E-state index in [4.69, 9.17) is 4.74 Å². The van der Waals surface area contributed by atoms with Gasteiger partial charge in [-0.05, 0) is 70.1 Å². The van der Waals surface area contributed by atoms with Crippen molar-refractivity contribution in [2.24, 2.45) is 11.8 Å². The van der Waals surface area contributed by atoms with E-state index in [0.717, 1.165) is 37.0 Å². The summed E-state index contributed by atoms with van der Waals surface area (Å²) in [6, 6.07) is 4.08. The van der Waals surface area contributed by atoms with Crippen molar-refractivity contribution < 1.29 is 9.84 Å². The first-order valence-electron chi connectivity index (χ1n) is 8.61. The molecule has 0 aromatic heterocycles. The second-order valence-corrected chi connectivity index (χ2v) is 7.57. The predicted molar refractivity (Wildman–Crippen MR) is 90.5 cm³/mol. The van der Waals surface area contributed by atoms with Gasteiger partial charge in [0.15, 0.2) is 0 Å². The van der Waals surface area contributed by atoms with Crippen molar-refractivity contribution in [1.29, 1.82) is 0 Å². The Balaban J connectivity index is 2.05. The van der Waals surface area contributed by atoms with E-state index in [1.54, 1.807) is 0 Å². The SMILES string of the molecule is CCCc1cc(O)c2c(c1)OC(C)(C)C1CCC(C)=CC1C2. The highest BCUT2D eigenvalue weighted by Crippen LogP contribution is 2.46. The van der Waals surface area contributed by atoms with Gasteiger partial charge in [-0.25, -0.2) is 0 Å². The Labute approximate surface area is 134 Å². The van der Waals surface area contributed by atoms with E-state index in [2.05, 4.69) is 39.8 Å². The van der Waals surface area contributed by atoms with Crippen LogP contribution < -0.4 is 4.74 Å². The van der Waals surface area contributed by atoms with Crippen molar-refractivity contribution in [1.82, 2.24) is 0 Å². The number of phenols is 1. The molecule has 120 valence electrons. The van der Waals surface area contributed by atoms with Crippen LogP contribution in [-0.2, 0) is 12.8 Å². The van der Waals surface area contributed by atoms with Crippen LogP contribution in [0.3, 0.4) is 0 Å². The van der Waals surface area contributed by atoms with E-state index in [1.165, 1.54) is 17.6 Å². The summed E-state index contributed by atoms with van der Waals surface area (Å²) in [5.41, 5.74) is 3.45. The lowest BCUT2D eigenvalue weighted by Crippen LogP contribution is -2.41. The van der Waals surface area contributed by atoms with Crippen molar-refractivity contribution in [2.75, 3.05) is 0 Å². The molecular formula is C20H28O2. The van der Waals surface area contributed by atoms with Crippen molar-refractivity contribution in [3.05, 3.63) is 34.9 Å². The highest BCUT2D eigenvalue weighted by Gasteiger charge is 2.41. The zero-order chi connectivity index (χ0) is 15.9. The molecular weight excluding hydrogens is 272 g/mol. The largest absolute Gasteiger partial charge is 0.508 e. The van der Waals surface area contributed by atoms with Crippen LogP contribution in [0.5, 0.6) is 11.5 Å². The van der Waals surface area contributed by atoms with E-state index in [9.17, 15) is 5.11 Å². The second-order valence-electron chi connectivity index (χ2n) is 7.57. The van der Waals surface area contributed by atoms with Gasteiger partial charge in [-0.15, -0.1) is 0 Å². The highest BCUT2D eigenvalue weighted by molar-refractivity contribution is 5.49. The van der Waals surface area contributed by atoms with Gasteiger partial charge < -0.3 is 9.84 Å². The molecule has 1 aliphatic heterocycles. The Kier molecular flexibility index (Phi) is 3.96. The Morgan fingerprint density at radius 3 is 2.82 bits per heavy atom. The molecule has 2 atom stereocenters. The summed E-state index contributed by atoms with van der Waals surface area (Å²) in [4.78, 5) is 0. The van der Waals surface area contributed by atoms with Crippen LogP contribution in [0.4, 0.5) is 0 Å². The highest BCUT2D eigenvalue weighted by atomic mass is 16.5. The molecule has 1 aliphatic carbocycles. The fraction of sp³-hybridized carbons (Fsp3) is 0.600. The van der Waals surface area contributed by atoms with Crippen LogP contribution in [0.15, 0.2) is 23.8 Å². The minimum absolute atomic E-state index is 0.190. The molecule has 0 bridgehead atoms. The van der Waals surface area contributed by atoms with Gasteiger partial charge in [-0.2, -0.15) is 0 Å². The van der Waals surface area contributed by atoms with E-state index in [1.807, 2.05) is 6.07 Å². The zero-order valence-corrected chi connectivity index (χ0v) is 14.3. The fourth-order valence-corrected chi connectivity index (χ4v) is 4.24. The van der Waals surface area contributed by atoms with Crippen LogP contribution >= 0.6 is 0 Å². The summed E-state index contributed by atoms with van der Waals surface area (Å²) >= 11 is 0. The van der Waals surface area contributed by atoms with Crippen LogP contribution in [0.1, 0.15) is 58.1 Å². The van der Waals surface area contributed by atoms with Crippen molar-refractivity contribution in [3.63, 3.8) is 0 Å². The molecule has 0 fully saturated rings. The third-order valence-electron chi connectivity index (χ3n) is 5.35. The molecule has 0 spiro atoms. The molecule has 2 unspecified atom stereocenters. The Bertz CT molecular complexity index is 598. The average molecular weight is 300 g/mol. The Morgan fingerprint density at radius 1 is 1.32 bits per heavy atom. The first kappa shape index (κ1) is 15.5. The number of benzene rings is 1. The minimum atomic E-state index is -0.190. The summed E-state index contributed by atoms with van der Waals surface area (Å²) in [5, 5.41) is 10.5. The molecule has 1 aromatic rings. The normalized spacial score (nSPS) is 26.3.